The molecule has 9 heteroatoms. The number of aliphatic imine (C=N–C) groups is 1. The topological polar surface area (TPSA) is 69.0 Å². The molecule has 28 heavy (non-hydrogen) atoms. The molecule has 1 aromatic heterocycles. The Labute approximate surface area is 185 Å². The van der Waals surface area contributed by atoms with E-state index in [0.717, 1.165) is 24.7 Å². The first-order valence-corrected chi connectivity index (χ1v) is 10.00. The van der Waals surface area contributed by atoms with Crippen LogP contribution in [0.5, 0.6) is 0 Å². The zero-order chi connectivity index (χ0) is 19.4. The molecule has 0 saturated carbocycles. The van der Waals surface area contributed by atoms with Crippen LogP contribution >= 0.6 is 24.0 Å². The quantitative estimate of drug-likeness (QED) is 0.384. The number of hydrogen-bond donors (Lipinski definition) is 1. The summed E-state index contributed by atoms with van der Waals surface area (Å²) < 4.78 is 1.72. The van der Waals surface area contributed by atoms with Gasteiger partial charge in [-0.25, -0.2) is 0 Å². The molecule has 1 amide bonds. The van der Waals surface area contributed by atoms with Gasteiger partial charge in [0.2, 0.25) is 5.91 Å². The third-order valence-corrected chi connectivity index (χ3v) is 5.71. The summed E-state index contributed by atoms with van der Waals surface area (Å²) >= 11 is 0. The molecule has 2 fully saturated rings. The molecule has 0 radical (unpaired) electrons. The molecule has 2 saturated heterocycles. The number of nitrogens with one attached hydrogen (secondary N) is 1. The Morgan fingerprint density at radius 3 is 2.75 bits per heavy atom. The van der Waals surface area contributed by atoms with Crippen molar-refractivity contribution >= 4 is 41.5 Å². The number of rotatable bonds is 4. The summed E-state index contributed by atoms with van der Waals surface area (Å²) in [6.07, 6.45) is 7.52. The first kappa shape index (κ1) is 22.9. The lowest BCUT2D eigenvalue weighted by Gasteiger charge is -2.39. The van der Waals surface area contributed by atoms with Gasteiger partial charge in [0.25, 0.3) is 0 Å². The van der Waals surface area contributed by atoms with Gasteiger partial charge in [0, 0.05) is 52.0 Å². The number of hydrogen-bond acceptors (Lipinski definition) is 4. The maximum absolute atomic E-state index is 12.6. The summed E-state index contributed by atoms with van der Waals surface area (Å²) in [5.74, 6) is 0.889. The van der Waals surface area contributed by atoms with Crippen LogP contribution in [0.1, 0.15) is 33.1 Å². The van der Waals surface area contributed by atoms with Crippen LogP contribution in [0, 0.1) is 0 Å². The largest absolute Gasteiger partial charge is 0.355 e. The van der Waals surface area contributed by atoms with E-state index < -0.39 is 0 Å². The van der Waals surface area contributed by atoms with E-state index in [0.29, 0.717) is 25.2 Å². The van der Waals surface area contributed by atoms with Gasteiger partial charge in [-0.15, -0.1) is 24.0 Å². The number of carbonyl (C=O) groups excluding carboxylic acids is 1. The molecule has 1 aromatic rings. The average molecular weight is 503 g/mol. The lowest BCUT2D eigenvalue weighted by Crippen LogP contribution is -2.57. The van der Waals surface area contributed by atoms with E-state index >= 15 is 0 Å². The zero-order valence-corrected chi connectivity index (χ0v) is 19.8. The smallest absolute Gasteiger partial charge is 0.246 e. The van der Waals surface area contributed by atoms with Gasteiger partial charge >= 0.3 is 0 Å². The number of guanidine groups is 1. The fourth-order valence-electron chi connectivity index (χ4n) is 4.14. The summed E-state index contributed by atoms with van der Waals surface area (Å²) in [4.78, 5) is 23.5. The van der Waals surface area contributed by atoms with Crippen molar-refractivity contribution in [3.8, 4) is 0 Å². The number of piperazine rings is 1. The summed E-state index contributed by atoms with van der Waals surface area (Å²) in [7, 11) is 3.65. The van der Waals surface area contributed by atoms with Gasteiger partial charge < -0.3 is 15.1 Å². The Bertz CT molecular complexity index is 677. The van der Waals surface area contributed by atoms with Crippen LogP contribution in [-0.4, -0.2) is 83.3 Å². The summed E-state index contributed by atoms with van der Waals surface area (Å²) in [6, 6.07) is 1.09. The molecular weight excluding hydrogens is 469 g/mol. The molecule has 0 aromatic carbocycles. The Hall–Kier alpha value is -1.36. The van der Waals surface area contributed by atoms with Crippen molar-refractivity contribution in [2.45, 2.75) is 45.2 Å². The SMILES string of the molecule is CN=C(NCC(C)N1CCCCC1C)N1CCN(c2cnn(C)c2)C(=O)C1.I. The van der Waals surface area contributed by atoms with Crippen molar-refractivity contribution in [3.63, 3.8) is 0 Å². The highest BCUT2D eigenvalue weighted by atomic mass is 127. The summed E-state index contributed by atoms with van der Waals surface area (Å²) in [5.41, 5.74) is 0.859. The third-order valence-electron chi connectivity index (χ3n) is 5.71. The standard InChI is InChI=1S/C19H33N7O.HI/c1-15-7-5-6-8-25(15)16(2)11-21-19(20-3)24-9-10-26(18(27)14-24)17-12-22-23(4)13-17;/h12-13,15-16H,5-11,14H2,1-4H3,(H,20,21);1H. The number of anilines is 1. The van der Waals surface area contributed by atoms with Crippen LogP contribution in [0.2, 0.25) is 0 Å². The number of aromatic nitrogens is 2. The molecule has 158 valence electrons. The second-order valence-corrected chi connectivity index (χ2v) is 7.70. The molecule has 2 aliphatic heterocycles. The molecule has 0 aliphatic carbocycles. The van der Waals surface area contributed by atoms with Crippen molar-refractivity contribution in [1.29, 1.82) is 0 Å². The molecule has 2 atom stereocenters. The highest BCUT2D eigenvalue weighted by Gasteiger charge is 2.28. The van der Waals surface area contributed by atoms with Crippen molar-refractivity contribution in [3.05, 3.63) is 12.4 Å². The first-order chi connectivity index (χ1) is 13.0. The normalized spacial score (nSPS) is 22.8. The fourth-order valence-corrected chi connectivity index (χ4v) is 4.14. The zero-order valence-electron chi connectivity index (χ0n) is 17.5. The number of halogens is 1. The Morgan fingerprint density at radius 2 is 2.14 bits per heavy atom. The third kappa shape index (κ3) is 5.37. The maximum Gasteiger partial charge on any atom is 0.246 e. The van der Waals surface area contributed by atoms with E-state index in [1.54, 1.807) is 22.8 Å². The summed E-state index contributed by atoms with van der Waals surface area (Å²) in [6.45, 7) is 8.34. The molecule has 3 heterocycles. The van der Waals surface area contributed by atoms with E-state index in [1.807, 2.05) is 18.1 Å². The van der Waals surface area contributed by atoms with Crippen LogP contribution in [0.15, 0.2) is 17.4 Å². The van der Waals surface area contributed by atoms with E-state index in [1.165, 1.54) is 25.8 Å². The molecule has 0 spiro atoms. The monoisotopic (exact) mass is 503 g/mol. The molecule has 2 aliphatic rings. The van der Waals surface area contributed by atoms with Crippen molar-refractivity contribution in [2.75, 3.05) is 44.7 Å². The van der Waals surface area contributed by atoms with E-state index in [-0.39, 0.29) is 29.9 Å². The predicted octanol–water partition coefficient (Wildman–Crippen LogP) is 1.53. The Kier molecular flexibility index (Phi) is 8.54. The number of piperidine rings is 1. The van der Waals surface area contributed by atoms with Gasteiger partial charge in [-0.3, -0.25) is 19.4 Å². The molecule has 1 N–H and O–H groups in total. The number of aryl methyl sites for hydroxylation is 1. The van der Waals surface area contributed by atoms with Crippen LogP contribution in [0.25, 0.3) is 0 Å². The van der Waals surface area contributed by atoms with Crippen molar-refractivity contribution in [2.24, 2.45) is 12.0 Å². The maximum atomic E-state index is 12.6. The summed E-state index contributed by atoms with van der Waals surface area (Å²) in [5, 5.41) is 7.65. The Morgan fingerprint density at radius 1 is 1.36 bits per heavy atom. The van der Waals surface area contributed by atoms with Gasteiger partial charge in [-0.1, -0.05) is 6.42 Å². The van der Waals surface area contributed by atoms with Crippen molar-refractivity contribution < 1.29 is 4.79 Å². The van der Waals surface area contributed by atoms with E-state index in [4.69, 9.17) is 0 Å². The minimum atomic E-state index is 0. The molecule has 2 unspecified atom stereocenters. The van der Waals surface area contributed by atoms with Crippen LogP contribution < -0.4 is 10.2 Å². The molecule has 0 bridgehead atoms. The van der Waals surface area contributed by atoms with E-state index in [2.05, 4.69) is 34.2 Å². The lowest BCUT2D eigenvalue weighted by atomic mass is 10.0. The number of carbonyl (C=O) groups is 1. The van der Waals surface area contributed by atoms with Crippen molar-refractivity contribution in [1.82, 2.24) is 24.9 Å². The average Bonchev–Trinajstić information content (AvgIpc) is 3.08. The lowest BCUT2D eigenvalue weighted by molar-refractivity contribution is -0.120. The first-order valence-electron chi connectivity index (χ1n) is 10.00. The van der Waals surface area contributed by atoms with Gasteiger partial charge in [-0.05, 0) is 33.2 Å². The number of nitrogens with zero attached hydrogens (tertiary/aromatic N) is 6. The van der Waals surface area contributed by atoms with Gasteiger partial charge in [-0.2, -0.15) is 5.10 Å². The van der Waals surface area contributed by atoms with Crippen LogP contribution in [0.3, 0.4) is 0 Å². The molecular formula is C19H34IN7O. The minimum Gasteiger partial charge on any atom is -0.355 e. The minimum absolute atomic E-state index is 0. The second kappa shape index (κ2) is 10.4. The van der Waals surface area contributed by atoms with Crippen LogP contribution in [-0.2, 0) is 11.8 Å². The Balaban J connectivity index is 0.00000280. The van der Waals surface area contributed by atoms with Gasteiger partial charge in [0.05, 0.1) is 11.9 Å². The van der Waals surface area contributed by atoms with Crippen LogP contribution in [0.4, 0.5) is 5.69 Å². The van der Waals surface area contributed by atoms with E-state index in [9.17, 15) is 4.79 Å². The molecule has 8 nitrogen and oxygen atoms in total. The highest BCUT2D eigenvalue weighted by molar-refractivity contribution is 14.0. The fraction of sp³-hybridized carbons (Fsp3) is 0.737. The van der Waals surface area contributed by atoms with Gasteiger partial charge in [0.1, 0.15) is 6.54 Å². The second-order valence-electron chi connectivity index (χ2n) is 7.70. The highest BCUT2D eigenvalue weighted by Crippen LogP contribution is 2.19. The molecule has 3 rings (SSSR count). The number of amides is 1. The predicted molar refractivity (Wildman–Crippen MR) is 123 cm³/mol. The number of likely N-dealkylation sites (tertiary alicyclic amines) is 1. The van der Waals surface area contributed by atoms with Gasteiger partial charge in [0.15, 0.2) is 5.96 Å².